The average molecular weight is 364 g/mol. The van der Waals surface area contributed by atoms with Crippen molar-refractivity contribution in [1.29, 1.82) is 0 Å². The molecule has 0 radical (unpaired) electrons. The second-order valence-corrected chi connectivity index (χ2v) is 7.64. The standard InChI is InChI=1S/C22H37NO3/c1-20(2)16-12-10-8-6-4-3-5-7-9-11-15-19-26-22-18-14-13-17-21(22)23(24)25/h13-14,17-18,20H,3-12,15-16,19H2,1-2H3. The van der Waals surface area contributed by atoms with E-state index >= 15 is 0 Å². The molecule has 0 aliphatic heterocycles. The first-order valence-corrected chi connectivity index (χ1v) is 10.5. The van der Waals surface area contributed by atoms with E-state index in [1.54, 1.807) is 18.2 Å². The van der Waals surface area contributed by atoms with Crippen LogP contribution in [-0.4, -0.2) is 11.5 Å². The SMILES string of the molecule is CC(C)CCCCCCCCCCCCCOc1ccccc1[N+](=O)[O-]. The Hall–Kier alpha value is -1.58. The van der Waals surface area contributed by atoms with Crippen molar-refractivity contribution < 1.29 is 9.66 Å². The lowest BCUT2D eigenvalue weighted by Crippen LogP contribution is -2.00. The smallest absolute Gasteiger partial charge is 0.310 e. The van der Waals surface area contributed by atoms with Crippen molar-refractivity contribution in [2.24, 2.45) is 5.92 Å². The highest BCUT2D eigenvalue weighted by Gasteiger charge is 2.12. The molecule has 26 heavy (non-hydrogen) atoms. The van der Waals surface area contributed by atoms with Gasteiger partial charge in [0.25, 0.3) is 0 Å². The molecule has 0 aliphatic carbocycles. The Balaban J connectivity index is 1.89. The Morgan fingerprint density at radius 3 is 1.88 bits per heavy atom. The molecule has 0 atom stereocenters. The fourth-order valence-electron chi connectivity index (χ4n) is 3.16. The minimum atomic E-state index is -0.389. The highest BCUT2D eigenvalue weighted by molar-refractivity contribution is 5.45. The van der Waals surface area contributed by atoms with Gasteiger partial charge in [-0.25, -0.2) is 0 Å². The number of nitro benzene ring substituents is 1. The molecular weight excluding hydrogens is 326 g/mol. The first kappa shape index (κ1) is 22.5. The number of ether oxygens (including phenoxy) is 1. The molecule has 0 fully saturated rings. The van der Waals surface area contributed by atoms with E-state index in [0.29, 0.717) is 12.4 Å². The minimum absolute atomic E-state index is 0.0525. The molecule has 0 spiro atoms. The van der Waals surface area contributed by atoms with E-state index in [9.17, 15) is 10.1 Å². The highest BCUT2D eigenvalue weighted by atomic mass is 16.6. The highest BCUT2D eigenvalue weighted by Crippen LogP contribution is 2.26. The monoisotopic (exact) mass is 363 g/mol. The fourth-order valence-corrected chi connectivity index (χ4v) is 3.16. The largest absolute Gasteiger partial charge is 0.487 e. The van der Waals surface area contributed by atoms with Gasteiger partial charge in [-0.1, -0.05) is 96.6 Å². The van der Waals surface area contributed by atoms with Crippen molar-refractivity contribution in [3.05, 3.63) is 34.4 Å². The van der Waals surface area contributed by atoms with Crippen molar-refractivity contribution >= 4 is 5.69 Å². The summed E-state index contributed by atoms with van der Waals surface area (Å²) < 4.78 is 5.56. The van der Waals surface area contributed by atoms with Gasteiger partial charge >= 0.3 is 5.69 Å². The van der Waals surface area contributed by atoms with E-state index in [2.05, 4.69) is 13.8 Å². The fraction of sp³-hybridized carbons (Fsp3) is 0.727. The van der Waals surface area contributed by atoms with Crippen LogP contribution in [-0.2, 0) is 0 Å². The van der Waals surface area contributed by atoms with Crippen molar-refractivity contribution in [1.82, 2.24) is 0 Å². The number of hydrogen-bond acceptors (Lipinski definition) is 3. The molecule has 0 N–H and O–H groups in total. The van der Waals surface area contributed by atoms with Crippen LogP contribution in [0.15, 0.2) is 24.3 Å². The van der Waals surface area contributed by atoms with Gasteiger partial charge in [0.2, 0.25) is 0 Å². The summed E-state index contributed by atoms with van der Waals surface area (Å²) >= 11 is 0. The summed E-state index contributed by atoms with van der Waals surface area (Å²) in [7, 11) is 0. The first-order valence-electron chi connectivity index (χ1n) is 10.5. The zero-order valence-electron chi connectivity index (χ0n) is 16.8. The van der Waals surface area contributed by atoms with E-state index < -0.39 is 0 Å². The Morgan fingerprint density at radius 1 is 0.846 bits per heavy atom. The molecule has 0 bridgehead atoms. The van der Waals surface area contributed by atoms with Crippen LogP contribution in [0.3, 0.4) is 0 Å². The molecule has 4 nitrogen and oxygen atoms in total. The molecule has 0 aromatic heterocycles. The zero-order valence-corrected chi connectivity index (χ0v) is 16.8. The summed E-state index contributed by atoms with van der Waals surface area (Å²) in [6, 6.07) is 6.59. The predicted octanol–water partition coefficient (Wildman–Crippen LogP) is 7.31. The number of rotatable bonds is 16. The third-order valence-electron chi connectivity index (χ3n) is 4.75. The van der Waals surface area contributed by atoms with Gasteiger partial charge in [-0.3, -0.25) is 10.1 Å². The molecule has 148 valence electrons. The normalized spacial score (nSPS) is 11.0. The van der Waals surface area contributed by atoms with E-state index in [1.807, 2.05) is 0 Å². The van der Waals surface area contributed by atoms with E-state index in [1.165, 1.54) is 70.3 Å². The zero-order chi connectivity index (χ0) is 19.0. The van der Waals surface area contributed by atoms with Crippen molar-refractivity contribution in [3.63, 3.8) is 0 Å². The Bertz CT molecular complexity index is 488. The summed E-state index contributed by atoms with van der Waals surface area (Å²) in [4.78, 5) is 10.5. The molecule has 0 heterocycles. The molecule has 0 saturated heterocycles. The van der Waals surface area contributed by atoms with Gasteiger partial charge in [0, 0.05) is 6.07 Å². The molecule has 0 aliphatic rings. The van der Waals surface area contributed by atoms with Crippen LogP contribution in [0.1, 0.15) is 90.9 Å². The van der Waals surface area contributed by atoms with Gasteiger partial charge in [0.15, 0.2) is 5.75 Å². The molecule has 0 amide bonds. The van der Waals surface area contributed by atoms with Crippen LogP contribution in [0.25, 0.3) is 0 Å². The quantitative estimate of drug-likeness (QED) is 0.176. The molecule has 1 aromatic rings. The Morgan fingerprint density at radius 2 is 1.35 bits per heavy atom. The number of hydrogen-bond donors (Lipinski definition) is 0. The molecule has 1 rings (SSSR count). The van der Waals surface area contributed by atoms with Gasteiger partial charge in [0.05, 0.1) is 11.5 Å². The van der Waals surface area contributed by atoms with Crippen molar-refractivity contribution in [3.8, 4) is 5.75 Å². The third-order valence-corrected chi connectivity index (χ3v) is 4.75. The predicted molar refractivity (Wildman–Crippen MR) is 109 cm³/mol. The van der Waals surface area contributed by atoms with Crippen LogP contribution in [0.4, 0.5) is 5.69 Å². The lowest BCUT2D eigenvalue weighted by atomic mass is 10.0. The van der Waals surface area contributed by atoms with Crippen LogP contribution >= 0.6 is 0 Å². The maximum absolute atomic E-state index is 10.9. The van der Waals surface area contributed by atoms with Gasteiger partial charge in [-0.15, -0.1) is 0 Å². The van der Waals surface area contributed by atoms with E-state index in [-0.39, 0.29) is 10.6 Å². The van der Waals surface area contributed by atoms with Gasteiger partial charge in [-0.2, -0.15) is 0 Å². The van der Waals surface area contributed by atoms with Crippen LogP contribution in [0.5, 0.6) is 5.75 Å². The van der Waals surface area contributed by atoms with Gasteiger partial charge in [0.1, 0.15) is 0 Å². The summed E-state index contributed by atoms with van der Waals surface area (Å²) in [5.74, 6) is 1.23. The lowest BCUT2D eigenvalue weighted by molar-refractivity contribution is -0.385. The summed E-state index contributed by atoms with van der Waals surface area (Å²) in [6.45, 7) is 5.16. The second kappa shape index (κ2) is 14.6. The summed E-state index contributed by atoms with van der Waals surface area (Å²) in [6.07, 6.45) is 15.6. The topological polar surface area (TPSA) is 52.4 Å². The second-order valence-electron chi connectivity index (χ2n) is 7.64. The maximum atomic E-state index is 10.9. The number of benzene rings is 1. The third kappa shape index (κ3) is 11.1. The number of nitrogens with zero attached hydrogens (tertiary/aromatic N) is 1. The average Bonchev–Trinajstić information content (AvgIpc) is 2.62. The lowest BCUT2D eigenvalue weighted by Gasteiger charge is -2.06. The molecule has 0 unspecified atom stereocenters. The first-order chi connectivity index (χ1) is 12.6. The Labute approximate surface area is 159 Å². The Kier molecular flexibility index (Phi) is 12.6. The number of unbranched alkanes of at least 4 members (excludes halogenated alkanes) is 10. The van der Waals surface area contributed by atoms with Gasteiger partial charge in [-0.05, 0) is 18.4 Å². The van der Waals surface area contributed by atoms with E-state index in [4.69, 9.17) is 4.74 Å². The maximum Gasteiger partial charge on any atom is 0.310 e. The van der Waals surface area contributed by atoms with E-state index in [0.717, 1.165) is 18.8 Å². The summed E-state index contributed by atoms with van der Waals surface area (Å²) in [5.41, 5.74) is 0.0525. The van der Waals surface area contributed by atoms with Crippen LogP contribution in [0, 0.1) is 16.0 Å². The number of nitro groups is 1. The number of para-hydroxylation sites is 2. The summed E-state index contributed by atoms with van der Waals surface area (Å²) in [5, 5.41) is 10.9. The molecule has 1 aromatic carbocycles. The van der Waals surface area contributed by atoms with Crippen molar-refractivity contribution in [2.45, 2.75) is 90.9 Å². The van der Waals surface area contributed by atoms with Crippen molar-refractivity contribution in [2.75, 3.05) is 6.61 Å². The minimum Gasteiger partial charge on any atom is -0.487 e. The van der Waals surface area contributed by atoms with Gasteiger partial charge < -0.3 is 4.74 Å². The van der Waals surface area contributed by atoms with Crippen LogP contribution in [0.2, 0.25) is 0 Å². The van der Waals surface area contributed by atoms with Crippen LogP contribution < -0.4 is 4.74 Å². The molecular formula is C22H37NO3. The molecule has 4 heteroatoms. The molecule has 0 saturated carbocycles.